The van der Waals surface area contributed by atoms with Crippen LogP contribution in [0.1, 0.15) is 19.4 Å². The molecule has 1 aromatic heterocycles. The molecule has 0 N–H and O–H groups in total. The summed E-state index contributed by atoms with van der Waals surface area (Å²) in [6, 6.07) is 11.8. The molecule has 3 rings (SSSR count). The number of ether oxygens (including phenoxy) is 2. The maximum Gasteiger partial charge on any atom is 0.326 e. The van der Waals surface area contributed by atoms with Gasteiger partial charge >= 0.3 is 5.97 Å². The number of sulfonamides is 1. The molecule has 0 aliphatic carbocycles. The first-order valence-electron chi connectivity index (χ1n) is 9.11. The normalized spacial score (nSPS) is 12.3. The van der Waals surface area contributed by atoms with Crippen LogP contribution in [0.2, 0.25) is 0 Å². The Morgan fingerprint density at radius 3 is 2.48 bits per heavy atom. The van der Waals surface area contributed by atoms with Gasteiger partial charge in [-0.25, -0.2) is 0 Å². The van der Waals surface area contributed by atoms with E-state index in [0.29, 0.717) is 5.75 Å². The van der Waals surface area contributed by atoms with Crippen molar-refractivity contribution in [1.29, 1.82) is 0 Å². The van der Waals surface area contributed by atoms with Gasteiger partial charge in [-0.15, -0.1) is 4.40 Å². The summed E-state index contributed by atoms with van der Waals surface area (Å²) in [5.41, 5.74) is 1.86. The summed E-state index contributed by atoms with van der Waals surface area (Å²) in [5, 5.41) is 0. The third-order valence-corrected chi connectivity index (χ3v) is 6.74. The van der Waals surface area contributed by atoms with Crippen molar-refractivity contribution >= 4 is 37.5 Å². The molecule has 0 bridgehead atoms. The lowest BCUT2D eigenvalue weighted by Gasteiger charge is -2.06. The second-order valence-electron chi connectivity index (χ2n) is 6.17. The predicted molar refractivity (Wildman–Crippen MR) is 112 cm³/mol. The van der Waals surface area contributed by atoms with Gasteiger partial charge in [0.25, 0.3) is 10.0 Å². The van der Waals surface area contributed by atoms with Gasteiger partial charge in [0.2, 0.25) is 4.80 Å². The Balaban J connectivity index is 2.15. The van der Waals surface area contributed by atoms with E-state index in [0.717, 1.165) is 22.2 Å². The minimum Gasteiger partial charge on any atom is -0.497 e. The van der Waals surface area contributed by atoms with E-state index in [1.165, 1.54) is 30.6 Å². The fourth-order valence-electron chi connectivity index (χ4n) is 2.80. The van der Waals surface area contributed by atoms with Crippen LogP contribution in [0.5, 0.6) is 5.75 Å². The van der Waals surface area contributed by atoms with Crippen LogP contribution in [0.25, 0.3) is 10.2 Å². The van der Waals surface area contributed by atoms with Crippen LogP contribution in [-0.4, -0.2) is 32.7 Å². The number of rotatable bonds is 7. The Kier molecular flexibility index (Phi) is 6.39. The molecular formula is C20H22N2O5S2. The largest absolute Gasteiger partial charge is 0.497 e. The average Bonchev–Trinajstić information content (AvgIpc) is 3.03. The van der Waals surface area contributed by atoms with Crippen molar-refractivity contribution in [2.75, 3.05) is 13.7 Å². The molecule has 0 fully saturated rings. The molecule has 0 unspecified atom stereocenters. The topological polar surface area (TPSA) is 87.0 Å². The molecule has 0 radical (unpaired) electrons. The summed E-state index contributed by atoms with van der Waals surface area (Å²) in [5.74, 6) is 0.102. The van der Waals surface area contributed by atoms with E-state index in [1.54, 1.807) is 23.6 Å². The van der Waals surface area contributed by atoms with Crippen LogP contribution in [0.4, 0.5) is 0 Å². The van der Waals surface area contributed by atoms with Crippen molar-refractivity contribution in [2.24, 2.45) is 4.40 Å². The molecule has 0 saturated carbocycles. The summed E-state index contributed by atoms with van der Waals surface area (Å²) in [4.78, 5) is 12.4. The highest BCUT2D eigenvalue weighted by atomic mass is 32.2. The summed E-state index contributed by atoms with van der Waals surface area (Å²) in [6.07, 6.45) is 0.850. The number of carbonyl (C=O) groups is 1. The van der Waals surface area contributed by atoms with Gasteiger partial charge in [-0.05, 0) is 55.3 Å². The van der Waals surface area contributed by atoms with Crippen LogP contribution in [0.3, 0.4) is 0 Å². The SMILES string of the molecule is CCOC(=O)Cn1/c(=N/S(=O)(=O)c2ccc(OC)cc2)sc2cc(CC)ccc21. The molecule has 154 valence electrons. The van der Waals surface area contributed by atoms with Gasteiger partial charge in [0, 0.05) is 0 Å². The zero-order valence-corrected chi connectivity index (χ0v) is 18.0. The van der Waals surface area contributed by atoms with Crippen LogP contribution in [-0.2, 0) is 32.5 Å². The fourth-order valence-corrected chi connectivity index (χ4v) is 5.10. The Hall–Kier alpha value is -2.65. The average molecular weight is 435 g/mol. The standard InChI is InChI=1S/C20H22N2O5S2/c1-4-14-6-11-17-18(12-14)28-20(22(17)13-19(23)27-5-2)21-29(24,25)16-9-7-15(26-3)8-10-16/h6-12H,4-5,13H2,1-3H3/b21-20-. The zero-order valence-electron chi connectivity index (χ0n) is 16.4. The lowest BCUT2D eigenvalue weighted by molar-refractivity contribution is -0.143. The van der Waals surface area contributed by atoms with E-state index in [-0.39, 0.29) is 22.8 Å². The molecule has 2 aromatic carbocycles. The fraction of sp³-hybridized carbons (Fsp3) is 0.300. The van der Waals surface area contributed by atoms with Gasteiger partial charge in [0.15, 0.2) is 0 Å². The van der Waals surface area contributed by atoms with Crippen molar-refractivity contribution in [3.05, 3.63) is 52.8 Å². The van der Waals surface area contributed by atoms with Crippen molar-refractivity contribution in [3.63, 3.8) is 0 Å². The molecular weight excluding hydrogens is 412 g/mol. The smallest absolute Gasteiger partial charge is 0.326 e. The van der Waals surface area contributed by atoms with E-state index < -0.39 is 16.0 Å². The molecule has 0 aliphatic heterocycles. The van der Waals surface area contributed by atoms with Crippen molar-refractivity contribution in [2.45, 2.75) is 31.7 Å². The molecule has 1 heterocycles. The molecule has 0 amide bonds. The minimum absolute atomic E-state index is 0.0488. The van der Waals surface area contributed by atoms with E-state index in [1.807, 2.05) is 25.1 Å². The molecule has 7 nitrogen and oxygen atoms in total. The van der Waals surface area contributed by atoms with Gasteiger partial charge in [0.05, 0.1) is 28.8 Å². The van der Waals surface area contributed by atoms with Crippen molar-refractivity contribution in [3.8, 4) is 5.75 Å². The number of aryl methyl sites for hydroxylation is 1. The Bertz CT molecular complexity index is 1190. The number of carbonyl (C=O) groups excluding carboxylic acids is 1. The molecule has 29 heavy (non-hydrogen) atoms. The van der Waals surface area contributed by atoms with E-state index in [9.17, 15) is 13.2 Å². The number of fused-ring (bicyclic) bond motifs is 1. The minimum atomic E-state index is -3.97. The molecule has 0 atom stereocenters. The molecule has 0 spiro atoms. The first-order valence-corrected chi connectivity index (χ1v) is 11.4. The van der Waals surface area contributed by atoms with Crippen molar-refractivity contribution < 1.29 is 22.7 Å². The van der Waals surface area contributed by atoms with E-state index in [4.69, 9.17) is 9.47 Å². The number of esters is 1. The summed E-state index contributed by atoms with van der Waals surface area (Å²) in [6.45, 7) is 3.90. The highest BCUT2D eigenvalue weighted by Gasteiger charge is 2.17. The van der Waals surface area contributed by atoms with Crippen LogP contribution >= 0.6 is 11.3 Å². The van der Waals surface area contributed by atoms with Crippen LogP contribution in [0, 0.1) is 0 Å². The third kappa shape index (κ3) is 4.68. The quantitative estimate of drug-likeness (QED) is 0.533. The van der Waals surface area contributed by atoms with Crippen LogP contribution in [0.15, 0.2) is 51.8 Å². The second kappa shape index (κ2) is 8.79. The van der Waals surface area contributed by atoms with Gasteiger partial charge in [-0.1, -0.05) is 24.3 Å². The lowest BCUT2D eigenvalue weighted by atomic mass is 10.2. The Morgan fingerprint density at radius 1 is 1.14 bits per heavy atom. The number of aromatic nitrogens is 1. The third-order valence-electron chi connectivity index (χ3n) is 4.30. The number of nitrogens with zero attached hydrogens (tertiary/aromatic N) is 2. The number of thiazole rings is 1. The first-order chi connectivity index (χ1) is 13.9. The van der Waals surface area contributed by atoms with Gasteiger partial charge in [-0.2, -0.15) is 8.42 Å². The number of hydrogen-bond acceptors (Lipinski definition) is 6. The van der Waals surface area contributed by atoms with E-state index >= 15 is 0 Å². The number of benzene rings is 2. The highest BCUT2D eigenvalue weighted by molar-refractivity contribution is 7.90. The monoisotopic (exact) mass is 434 g/mol. The van der Waals surface area contributed by atoms with Gasteiger partial charge in [0.1, 0.15) is 12.3 Å². The Morgan fingerprint density at radius 2 is 1.86 bits per heavy atom. The van der Waals surface area contributed by atoms with Crippen molar-refractivity contribution in [1.82, 2.24) is 4.57 Å². The van der Waals surface area contributed by atoms with E-state index in [2.05, 4.69) is 4.40 Å². The van der Waals surface area contributed by atoms with Crippen LogP contribution < -0.4 is 9.54 Å². The highest BCUT2D eigenvalue weighted by Crippen LogP contribution is 2.21. The number of methoxy groups -OCH3 is 1. The predicted octanol–water partition coefficient (Wildman–Crippen LogP) is 3.13. The molecule has 9 heteroatoms. The first kappa shape index (κ1) is 21.1. The lowest BCUT2D eigenvalue weighted by Crippen LogP contribution is -2.23. The Labute approximate surface area is 173 Å². The maximum atomic E-state index is 12.8. The van der Waals surface area contributed by atoms with Gasteiger partial charge < -0.3 is 14.0 Å². The zero-order chi connectivity index (χ0) is 21.0. The summed E-state index contributed by atoms with van der Waals surface area (Å²) >= 11 is 1.23. The number of hydrogen-bond donors (Lipinski definition) is 0. The maximum absolute atomic E-state index is 12.8. The molecule has 0 saturated heterocycles. The molecule has 0 aliphatic rings. The molecule has 3 aromatic rings. The summed E-state index contributed by atoms with van der Waals surface area (Å²) in [7, 11) is -2.46. The summed E-state index contributed by atoms with van der Waals surface area (Å²) < 4.78 is 42.3. The second-order valence-corrected chi connectivity index (χ2v) is 8.79. The van der Waals surface area contributed by atoms with Gasteiger partial charge in [-0.3, -0.25) is 4.79 Å².